The van der Waals surface area contributed by atoms with E-state index in [-0.39, 0.29) is 6.79 Å². The molecule has 0 amide bonds. The maximum absolute atomic E-state index is 5.68. The molecule has 1 radical (unpaired) electrons. The molecule has 0 aliphatic heterocycles. The van der Waals surface area contributed by atoms with Gasteiger partial charge in [-0.1, -0.05) is 24.3 Å². The topological polar surface area (TPSA) is 18.5 Å². The molecule has 0 spiro atoms. The average molecular weight is 264 g/mol. The van der Waals surface area contributed by atoms with Crippen molar-refractivity contribution in [1.82, 2.24) is 0 Å². The molecule has 2 aromatic rings. The summed E-state index contributed by atoms with van der Waals surface area (Å²) in [6, 6.07) is 12.4. The Morgan fingerprint density at radius 2 is 1.89 bits per heavy atom. The van der Waals surface area contributed by atoms with E-state index in [0.29, 0.717) is 5.88 Å². The van der Waals surface area contributed by atoms with Crippen molar-refractivity contribution in [2.75, 3.05) is 19.8 Å². The van der Waals surface area contributed by atoms with Gasteiger partial charge in [-0.25, -0.2) is 0 Å². The van der Waals surface area contributed by atoms with Crippen molar-refractivity contribution in [2.24, 2.45) is 0 Å². The predicted molar refractivity (Wildman–Crippen MR) is 75.2 cm³/mol. The number of hydrogen-bond acceptors (Lipinski definition) is 2. The largest absolute Gasteiger partial charge is 0.468 e. The zero-order chi connectivity index (χ0) is 12.8. The van der Waals surface area contributed by atoms with E-state index in [2.05, 4.69) is 30.7 Å². The van der Waals surface area contributed by atoms with Gasteiger partial charge in [0, 0.05) is 13.0 Å². The Labute approximate surface area is 112 Å². The van der Waals surface area contributed by atoms with Crippen molar-refractivity contribution >= 4 is 22.4 Å². The molecule has 2 aromatic carbocycles. The van der Waals surface area contributed by atoms with Gasteiger partial charge in [-0.3, -0.25) is 0 Å². The molecule has 2 nitrogen and oxygen atoms in total. The molecule has 0 saturated carbocycles. The van der Waals surface area contributed by atoms with Gasteiger partial charge in [-0.2, -0.15) is 0 Å². The highest BCUT2D eigenvalue weighted by Gasteiger charge is 2.00. The minimum Gasteiger partial charge on any atom is -0.468 e. The SMILES string of the molecule is COCOc1ccc2cc([CH]CCCl)ccc2c1. The molecular weight excluding hydrogens is 248 g/mol. The molecule has 0 aliphatic rings. The number of rotatable bonds is 6. The van der Waals surface area contributed by atoms with E-state index < -0.39 is 0 Å². The summed E-state index contributed by atoms with van der Waals surface area (Å²) < 4.78 is 10.3. The third-order valence-corrected chi connectivity index (χ3v) is 2.89. The summed E-state index contributed by atoms with van der Waals surface area (Å²) in [6.45, 7) is 0.271. The average Bonchev–Trinajstić information content (AvgIpc) is 2.42. The van der Waals surface area contributed by atoms with Crippen LogP contribution in [-0.2, 0) is 4.74 Å². The van der Waals surface area contributed by atoms with Gasteiger partial charge < -0.3 is 9.47 Å². The van der Waals surface area contributed by atoms with E-state index in [4.69, 9.17) is 21.1 Å². The van der Waals surface area contributed by atoms with Crippen molar-refractivity contribution in [3.8, 4) is 5.75 Å². The Morgan fingerprint density at radius 1 is 1.11 bits per heavy atom. The van der Waals surface area contributed by atoms with Gasteiger partial charge in [0.05, 0.1) is 0 Å². The van der Waals surface area contributed by atoms with Gasteiger partial charge in [-0.15, -0.1) is 11.6 Å². The molecule has 0 atom stereocenters. The van der Waals surface area contributed by atoms with Crippen LogP contribution in [0.3, 0.4) is 0 Å². The minimum absolute atomic E-state index is 0.271. The highest BCUT2D eigenvalue weighted by Crippen LogP contribution is 2.23. The highest BCUT2D eigenvalue weighted by atomic mass is 35.5. The van der Waals surface area contributed by atoms with E-state index in [1.54, 1.807) is 7.11 Å². The first kappa shape index (κ1) is 13.2. The molecular formula is C15H16ClO2. The Morgan fingerprint density at radius 3 is 2.67 bits per heavy atom. The van der Waals surface area contributed by atoms with Crippen LogP contribution in [0.15, 0.2) is 36.4 Å². The lowest BCUT2D eigenvalue weighted by molar-refractivity contribution is 0.0512. The first-order chi connectivity index (χ1) is 8.83. The quantitative estimate of drug-likeness (QED) is 0.579. The molecule has 0 fully saturated rings. The van der Waals surface area contributed by atoms with E-state index in [1.165, 1.54) is 10.9 Å². The molecule has 2 rings (SSSR count). The first-order valence-corrected chi connectivity index (χ1v) is 6.41. The molecule has 3 heteroatoms. The Bertz CT molecular complexity index is 464. The fraction of sp³-hybridized carbons (Fsp3) is 0.267. The van der Waals surface area contributed by atoms with Gasteiger partial charge >= 0.3 is 0 Å². The fourth-order valence-corrected chi connectivity index (χ4v) is 1.92. The maximum Gasteiger partial charge on any atom is 0.188 e. The second kappa shape index (κ2) is 6.62. The lowest BCUT2D eigenvalue weighted by atomic mass is 10.0. The number of alkyl halides is 1. The molecule has 0 saturated heterocycles. The molecule has 0 heterocycles. The first-order valence-electron chi connectivity index (χ1n) is 5.88. The summed E-state index contributed by atoms with van der Waals surface area (Å²) in [5.74, 6) is 1.48. The van der Waals surface area contributed by atoms with E-state index in [9.17, 15) is 0 Å². The zero-order valence-corrected chi connectivity index (χ0v) is 11.1. The van der Waals surface area contributed by atoms with Crippen LogP contribution in [-0.4, -0.2) is 19.8 Å². The molecule has 0 N–H and O–H groups in total. The van der Waals surface area contributed by atoms with Crippen molar-refractivity contribution in [3.05, 3.63) is 48.4 Å². The van der Waals surface area contributed by atoms with E-state index in [0.717, 1.165) is 17.6 Å². The Balaban J connectivity index is 2.19. The zero-order valence-electron chi connectivity index (χ0n) is 10.4. The van der Waals surface area contributed by atoms with Crippen LogP contribution >= 0.6 is 11.6 Å². The molecule has 0 bridgehead atoms. The van der Waals surface area contributed by atoms with E-state index >= 15 is 0 Å². The van der Waals surface area contributed by atoms with Crippen molar-refractivity contribution in [3.63, 3.8) is 0 Å². The third-order valence-electron chi connectivity index (χ3n) is 2.67. The predicted octanol–water partition coefficient (Wildman–Crippen LogP) is 4.00. The molecule has 0 aliphatic carbocycles. The summed E-state index contributed by atoms with van der Waals surface area (Å²) in [4.78, 5) is 0. The van der Waals surface area contributed by atoms with Crippen molar-refractivity contribution < 1.29 is 9.47 Å². The lowest BCUT2D eigenvalue weighted by Gasteiger charge is -2.07. The summed E-state index contributed by atoms with van der Waals surface area (Å²) in [6.07, 6.45) is 3.03. The number of benzene rings is 2. The summed E-state index contributed by atoms with van der Waals surface area (Å²) in [7, 11) is 1.61. The Kier molecular flexibility index (Phi) is 4.85. The second-order valence-electron chi connectivity index (χ2n) is 4.00. The van der Waals surface area contributed by atoms with Crippen LogP contribution in [0.1, 0.15) is 12.0 Å². The maximum atomic E-state index is 5.68. The molecule has 0 unspecified atom stereocenters. The van der Waals surface area contributed by atoms with Crippen LogP contribution in [0.25, 0.3) is 10.8 Å². The third kappa shape index (κ3) is 3.37. The normalized spacial score (nSPS) is 10.8. The van der Waals surface area contributed by atoms with Crippen LogP contribution in [0.4, 0.5) is 0 Å². The standard InChI is InChI=1S/C15H16ClO2/c1-17-11-18-15-7-6-13-9-12(3-2-8-16)4-5-14(13)10-15/h3-7,9-10H,2,8,11H2,1H3. The number of methoxy groups -OCH3 is 1. The molecule has 95 valence electrons. The summed E-state index contributed by atoms with van der Waals surface area (Å²) in [5.41, 5.74) is 1.20. The number of fused-ring (bicyclic) bond motifs is 1. The highest BCUT2D eigenvalue weighted by molar-refractivity contribution is 6.17. The number of halogens is 1. The Hall–Kier alpha value is -1.25. The van der Waals surface area contributed by atoms with Gasteiger partial charge in [0.1, 0.15) is 5.75 Å². The van der Waals surface area contributed by atoms with Gasteiger partial charge in [0.2, 0.25) is 0 Å². The monoisotopic (exact) mass is 263 g/mol. The van der Waals surface area contributed by atoms with Gasteiger partial charge in [0.25, 0.3) is 0 Å². The lowest BCUT2D eigenvalue weighted by Crippen LogP contribution is -1.98. The van der Waals surface area contributed by atoms with Gasteiger partial charge in [0.15, 0.2) is 6.79 Å². The van der Waals surface area contributed by atoms with Crippen LogP contribution in [0.5, 0.6) is 5.75 Å². The summed E-state index contributed by atoms with van der Waals surface area (Å²) >= 11 is 5.68. The van der Waals surface area contributed by atoms with E-state index in [1.807, 2.05) is 12.1 Å². The van der Waals surface area contributed by atoms with Gasteiger partial charge in [-0.05, 0) is 41.3 Å². The fourth-order valence-electron chi connectivity index (χ4n) is 1.81. The second-order valence-corrected chi connectivity index (χ2v) is 4.38. The van der Waals surface area contributed by atoms with Crippen LogP contribution in [0.2, 0.25) is 0 Å². The smallest absolute Gasteiger partial charge is 0.188 e. The van der Waals surface area contributed by atoms with Crippen molar-refractivity contribution in [1.29, 1.82) is 0 Å². The van der Waals surface area contributed by atoms with Crippen LogP contribution < -0.4 is 4.74 Å². The summed E-state index contributed by atoms with van der Waals surface area (Å²) in [5, 5.41) is 2.36. The number of hydrogen-bond donors (Lipinski definition) is 0. The van der Waals surface area contributed by atoms with Crippen molar-refractivity contribution in [2.45, 2.75) is 6.42 Å². The molecule has 0 aromatic heterocycles. The number of ether oxygens (including phenoxy) is 2. The van der Waals surface area contributed by atoms with Crippen LogP contribution in [0, 0.1) is 6.42 Å². The molecule has 18 heavy (non-hydrogen) atoms. The minimum atomic E-state index is 0.271.